The number of ether oxygens (including phenoxy) is 3. The molecule has 0 atom stereocenters. The van der Waals surface area contributed by atoms with Crippen LogP contribution >= 0.6 is 0 Å². The van der Waals surface area contributed by atoms with Crippen molar-refractivity contribution in [2.45, 2.75) is 0 Å². The number of rotatable bonds is 8. The molecule has 172 valence electrons. The van der Waals surface area contributed by atoms with E-state index in [-0.39, 0.29) is 11.5 Å². The quantitative estimate of drug-likeness (QED) is 0.306. The average molecular weight is 456 g/mol. The van der Waals surface area contributed by atoms with E-state index in [0.717, 1.165) is 16.9 Å². The van der Waals surface area contributed by atoms with Gasteiger partial charge in [0, 0.05) is 17.3 Å². The van der Waals surface area contributed by atoms with Crippen molar-refractivity contribution < 1.29 is 19.0 Å². The van der Waals surface area contributed by atoms with Gasteiger partial charge in [0.05, 0.1) is 32.7 Å². The van der Waals surface area contributed by atoms with Crippen LogP contribution in [0.2, 0.25) is 0 Å². The summed E-state index contributed by atoms with van der Waals surface area (Å²) >= 11 is 0. The molecule has 0 radical (unpaired) electrons. The van der Waals surface area contributed by atoms with Crippen LogP contribution < -0.4 is 19.9 Å². The summed E-state index contributed by atoms with van der Waals surface area (Å²) in [6, 6.07) is 19.8. The predicted molar refractivity (Wildman–Crippen MR) is 131 cm³/mol. The van der Waals surface area contributed by atoms with Crippen LogP contribution in [0.15, 0.2) is 83.8 Å². The van der Waals surface area contributed by atoms with E-state index in [0.29, 0.717) is 28.4 Å². The number of nitrogens with zero attached hydrogens (tertiary/aromatic N) is 1. The van der Waals surface area contributed by atoms with Crippen molar-refractivity contribution in [1.29, 1.82) is 0 Å². The summed E-state index contributed by atoms with van der Waals surface area (Å²) in [4.78, 5) is 28.2. The number of hydrogen-bond acceptors (Lipinski definition) is 5. The maximum Gasteiger partial charge on any atom is 0.330 e. The molecule has 0 amide bonds. The minimum absolute atomic E-state index is 0.189. The first-order chi connectivity index (χ1) is 16.5. The molecule has 1 heterocycles. The van der Waals surface area contributed by atoms with Gasteiger partial charge >= 0.3 is 5.69 Å². The Morgan fingerprint density at radius 3 is 2.35 bits per heavy atom. The number of hydrogen-bond donors (Lipinski definition) is 1. The zero-order chi connectivity index (χ0) is 24.1. The Balaban J connectivity index is 1.63. The van der Waals surface area contributed by atoms with Crippen molar-refractivity contribution >= 4 is 11.9 Å². The lowest BCUT2D eigenvalue weighted by Gasteiger charge is -2.09. The molecule has 7 heteroatoms. The lowest BCUT2D eigenvalue weighted by Crippen LogP contribution is -2.16. The number of aromatic amines is 1. The summed E-state index contributed by atoms with van der Waals surface area (Å²) in [7, 11) is 4.73. The number of aromatic nitrogens is 2. The van der Waals surface area contributed by atoms with Gasteiger partial charge in [0.1, 0.15) is 5.75 Å². The third-order valence-corrected chi connectivity index (χ3v) is 5.39. The number of ketones is 1. The van der Waals surface area contributed by atoms with Gasteiger partial charge in [-0.15, -0.1) is 0 Å². The van der Waals surface area contributed by atoms with Gasteiger partial charge in [-0.3, -0.25) is 9.36 Å². The Hall–Kier alpha value is -4.52. The van der Waals surface area contributed by atoms with Gasteiger partial charge in [0.2, 0.25) is 0 Å². The molecule has 1 aromatic heterocycles. The Kier molecular flexibility index (Phi) is 6.64. The van der Waals surface area contributed by atoms with Crippen LogP contribution in [0, 0.1) is 0 Å². The van der Waals surface area contributed by atoms with E-state index in [1.165, 1.54) is 10.6 Å². The van der Waals surface area contributed by atoms with Crippen molar-refractivity contribution in [3.8, 4) is 34.2 Å². The maximum absolute atomic E-state index is 12.9. The molecule has 0 aliphatic heterocycles. The predicted octanol–water partition coefficient (Wildman–Crippen LogP) is 4.75. The Morgan fingerprint density at radius 1 is 0.882 bits per heavy atom. The molecule has 0 fully saturated rings. The van der Waals surface area contributed by atoms with E-state index < -0.39 is 0 Å². The fourth-order valence-corrected chi connectivity index (χ4v) is 3.62. The third kappa shape index (κ3) is 4.63. The molecule has 4 rings (SSSR count). The molecule has 0 unspecified atom stereocenters. The van der Waals surface area contributed by atoms with Crippen LogP contribution in [-0.2, 0) is 0 Å². The van der Waals surface area contributed by atoms with Crippen LogP contribution in [0.5, 0.6) is 17.2 Å². The highest BCUT2D eigenvalue weighted by Gasteiger charge is 2.13. The van der Waals surface area contributed by atoms with Crippen molar-refractivity contribution in [3.05, 3.63) is 101 Å². The zero-order valence-electron chi connectivity index (χ0n) is 19.1. The number of imidazole rings is 1. The van der Waals surface area contributed by atoms with Crippen LogP contribution in [0.1, 0.15) is 15.9 Å². The molecule has 0 bridgehead atoms. The lowest BCUT2D eigenvalue weighted by atomic mass is 10.1. The lowest BCUT2D eigenvalue weighted by molar-refractivity contribution is 0.104. The summed E-state index contributed by atoms with van der Waals surface area (Å²) in [6.07, 6.45) is 4.85. The standard InChI is InChI=1S/C27H24N2O5/c1-32-22-11-9-19(10-12-22)23-17-28-27(31)29(23)21-6-4-5-20(16-21)24(30)13-7-18-8-14-25(33-2)26(15-18)34-3/h4-17H,1-3H3,(H,28,31). The maximum atomic E-state index is 12.9. The second-order valence-corrected chi connectivity index (χ2v) is 7.41. The number of nitrogens with one attached hydrogen (secondary N) is 1. The molecule has 0 aliphatic carbocycles. The van der Waals surface area contributed by atoms with Gasteiger partial charge in [0.25, 0.3) is 0 Å². The molecule has 34 heavy (non-hydrogen) atoms. The second-order valence-electron chi connectivity index (χ2n) is 7.41. The van der Waals surface area contributed by atoms with Crippen molar-refractivity contribution in [1.82, 2.24) is 9.55 Å². The van der Waals surface area contributed by atoms with E-state index in [1.54, 1.807) is 70.0 Å². The van der Waals surface area contributed by atoms with Crippen LogP contribution in [-0.4, -0.2) is 36.7 Å². The molecule has 1 N–H and O–H groups in total. The summed E-state index contributed by atoms with van der Waals surface area (Å²) < 4.78 is 17.3. The van der Waals surface area contributed by atoms with Gasteiger partial charge in [-0.1, -0.05) is 24.3 Å². The third-order valence-electron chi connectivity index (χ3n) is 5.39. The van der Waals surface area contributed by atoms with E-state index in [2.05, 4.69) is 4.98 Å². The first-order valence-corrected chi connectivity index (χ1v) is 10.5. The zero-order valence-corrected chi connectivity index (χ0v) is 19.1. The Morgan fingerprint density at radius 2 is 1.65 bits per heavy atom. The van der Waals surface area contributed by atoms with Crippen molar-refractivity contribution in [3.63, 3.8) is 0 Å². The monoisotopic (exact) mass is 456 g/mol. The van der Waals surface area contributed by atoms with Crippen molar-refractivity contribution in [2.75, 3.05) is 21.3 Å². The Bertz CT molecular complexity index is 1400. The summed E-state index contributed by atoms with van der Waals surface area (Å²) in [5.74, 6) is 1.73. The largest absolute Gasteiger partial charge is 0.497 e. The number of carbonyl (C=O) groups excluding carboxylic acids is 1. The summed E-state index contributed by atoms with van der Waals surface area (Å²) in [6.45, 7) is 0. The van der Waals surface area contributed by atoms with Gasteiger partial charge in [-0.25, -0.2) is 4.79 Å². The molecular weight excluding hydrogens is 432 g/mol. The van der Waals surface area contributed by atoms with Gasteiger partial charge in [-0.2, -0.15) is 0 Å². The molecule has 0 saturated carbocycles. The van der Waals surface area contributed by atoms with Gasteiger partial charge in [0.15, 0.2) is 17.3 Å². The average Bonchev–Trinajstić information content (AvgIpc) is 3.28. The van der Waals surface area contributed by atoms with Gasteiger partial charge in [-0.05, 0) is 60.2 Å². The Labute approximate surface area is 196 Å². The minimum atomic E-state index is -0.295. The number of allylic oxidation sites excluding steroid dienone is 1. The van der Waals surface area contributed by atoms with E-state index in [1.807, 2.05) is 30.3 Å². The molecular formula is C27H24N2O5. The smallest absolute Gasteiger partial charge is 0.330 e. The fourth-order valence-electron chi connectivity index (χ4n) is 3.62. The highest BCUT2D eigenvalue weighted by atomic mass is 16.5. The first kappa shape index (κ1) is 22.7. The van der Waals surface area contributed by atoms with Gasteiger partial charge < -0.3 is 19.2 Å². The molecule has 0 saturated heterocycles. The number of benzene rings is 3. The van der Waals surface area contributed by atoms with Crippen LogP contribution in [0.4, 0.5) is 0 Å². The summed E-state index contributed by atoms with van der Waals surface area (Å²) in [5, 5.41) is 0. The number of carbonyl (C=O) groups is 1. The van der Waals surface area contributed by atoms with E-state index in [9.17, 15) is 9.59 Å². The van der Waals surface area contributed by atoms with Crippen molar-refractivity contribution in [2.24, 2.45) is 0 Å². The van der Waals surface area contributed by atoms with Crippen LogP contribution in [0.3, 0.4) is 0 Å². The molecule has 3 aromatic carbocycles. The molecule has 0 spiro atoms. The molecule has 0 aliphatic rings. The fraction of sp³-hybridized carbons (Fsp3) is 0.111. The highest BCUT2D eigenvalue weighted by Crippen LogP contribution is 2.28. The summed E-state index contributed by atoms with van der Waals surface area (Å²) in [5.41, 5.74) is 3.06. The minimum Gasteiger partial charge on any atom is -0.497 e. The number of H-pyrrole nitrogens is 1. The molecule has 4 aromatic rings. The first-order valence-electron chi connectivity index (χ1n) is 10.5. The van der Waals surface area contributed by atoms with E-state index >= 15 is 0 Å². The molecule has 7 nitrogen and oxygen atoms in total. The number of methoxy groups -OCH3 is 3. The van der Waals surface area contributed by atoms with E-state index in [4.69, 9.17) is 14.2 Å². The van der Waals surface area contributed by atoms with Crippen LogP contribution in [0.25, 0.3) is 23.0 Å². The highest BCUT2D eigenvalue weighted by molar-refractivity contribution is 6.07. The normalized spacial score (nSPS) is 10.9. The SMILES string of the molecule is COc1ccc(-c2c[nH]c(=O)n2-c2cccc(C(=O)C=Cc3ccc(OC)c(OC)c3)c2)cc1. The second kappa shape index (κ2) is 9.95. The topological polar surface area (TPSA) is 82.6 Å².